The molecule has 0 spiro atoms. The van der Waals surface area contributed by atoms with Gasteiger partial charge < -0.3 is 15.4 Å². The number of hydrogen-bond acceptors (Lipinski definition) is 3. The number of amides is 2. The highest BCUT2D eigenvalue weighted by molar-refractivity contribution is 14.1. The summed E-state index contributed by atoms with van der Waals surface area (Å²) in [5, 5.41) is 5.84. The number of anilines is 1. The first-order valence-electron chi connectivity index (χ1n) is 9.29. The minimum Gasteiger partial charge on any atom is -0.444 e. The molecule has 1 aromatic carbocycles. The average molecular weight is 470 g/mol. The molecule has 0 aromatic heterocycles. The van der Waals surface area contributed by atoms with E-state index in [1.54, 1.807) is 0 Å². The van der Waals surface area contributed by atoms with Gasteiger partial charge in [-0.2, -0.15) is 0 Å². The van der Waals surface area contributed by atoms with E-state index in [0.717, 1.165) is 34.9 Å². The molecule has 2 amide bonds. The van der Waals surface area contributed by atoms with Gasteiger partial charge >= 0.3 is 6.09 Å². The van der Waals surface area contributed by atoms with Crippen LogP contribution in [0.4, 0.5) is 10.5 Å². The van der Waals surface area contributed by atoms with Crippen molar-refractivity contribution in [2.24, 2.45) is 17.8 Å². The van der Waals surface area contributed by atoms with Crippen LogP contribution >= 0.6 is 22.6 Å². The number of halogens is 1. The van der Waals surface area contributed by atoms with E-state index >= 15 is 0 Å². The molecule has 1 unspecified atom stereocenters. The summed E-state index contributed by atoms with van der Waals surface area (Å²) in [4.78, 5) is 25.4. The van der Waals surface area contributed by atoms with Crippen molar-refractivity contribution < 1.29 is 14.3 Å². The van der Waals surface area contributed by atoms with Crippen molar-refractivity contribution in [1.29, 1.82) is 0 Å². The molecule has 142 valence electrons. The van der Waals surface area contributed by atoms with Crippen LogP contribution in [-0.2, 0) is 9.53 Å². The number of ether oxygens (including phenoxy) is 1. The molecule has 1 atom stereocenters. The summed E-state index contributed by atoms with van der Waals surface area (Å²) in [6, 6.07) is 7.11. The Balaban J connectivity index is 1.74. The van der Waals surface area contributed by atoms with Gasteiger partial charge in [-0.25, -0.2) is 4.79 Å². The normalized spacial score (nSPS) is 18.3. The topological polar surface area (TPSA) is 67.4 Å². The zero-order valence-corrected chi connectivity index (χ0v) is 17.7. The SMILES string of the molecule is CC(C)(C)OC(=O)NC(C(=O)Nc1ccc(I)cc1)C(C1CC1)C1CC1. The predicted molar refractivity (Wildman–Crippen MR) is 110 cm³/mol. The number of alkyl carbamates (subject to hydrolysis) is 1. The van der Waals surface area contributed by atoms with Crippen molar-refractivity contribution in [2.75, 3.05) is 5.32 Å². The van der Waals surface area contributed by atoms with Gasteiger partial charge in [-0.05, 0) is 111 Å². The number of hydrogen-bond donors (Lipinski definition) is 2. The Labute approximate surface area is 168 Å². The lowest BCUT2D eigenvalue weighted by atomic mass is 9.88. The maximum absolute atomic E-state index is 13.0. The lowest BCUT2D eigenvalue weighted by Gasteiger charge is -2.29. The molecule has 5 nitrogen and oxygen atoms in total. The standard InChI is InChI=1S/C20H27IN2O3/c1-20(2,3)26-19(25)23-17(16(12-4-5-12)13-6-7-13)18(24)22-15-10-8-14(21)9-11-15/h8-13,16-17H,4-7H2,1-3H3,(H,22,24)(H,23,25). The fourth-order valence-electron chi connectivity index (χ4n) is 3.42. The second kappa shape index (κ2) is 7.74. The number of benzene rings is 1. The maximum Gasteiger partial charge on any atom is 0.408 e. The molecule has 2 aliphatic rings. The van der Waals surface area contributed by atoms with Crippen molar-refractivity contribution in [2.45, 2.75) is 58.1 Å². The van der Waals surface area contributed by atoms with Gasteiger partial charge in [0.2, 0.25) is 5.91 Å². The smallest absolute Gasteiger partial charge is 0.408 e. The van der Waals surface area contributed by atoms with Gasteiger partial charge in [0.15, 0.2) is 0 Å². The predicted octanol–water partition coefficient (Wildman–Crippen LogP) is 4.56. The Morgan fingerprint density at radius 3 is 2.08 bits per heavy atom. The van der Waals surface area contributed by atoms with Crippen LogP contribution in [0.15, 0.2) is 24.3 Å². The molecule has 2 saturated carbocycles. The van der Waals surface area contributed by atoms with Crippen molar-refractivity contribution in [1.82, 2.24) is 5.32 Å². The van der Waals surface area contributed by atoms with E-state index in [2.05, 4.69) is 33.2 Å². The minimum absolute atomic E-state index is 0.152. The van der Waals surface area contributed by atoms with Crippen LogP contribution in [-0.4, -0.2) is 23.6 Å². The first-order valence-corrected chi connectivity index (χ1v) is 10.4. The van der Waals surface area contributed by atoms with Gasteiger partial charge in [-0.15, -0.1) is 0 Å². The summed E-state index contributed by atoms with van der Waals surface area (Å²) in [6.07, 6.45) is 4.05. The van der Waals surface area contributed by atoms with E-state index in [4.69, 9.17) is 4.74 Å². The molecule has 0 heterocycles. The molecule has 26 heavy (non-hydrogen) atoms. The highest BCUT2D eigenvalue weighted by Crippen LogP contribution is 2.50. The fraction of sp³-hybridized carbons (Fsp3) is 0.600. The second-order valence-corrected chi connectivity index (χ2v) is 9.62. The fourth-order valence-corrected chi connectivity index (χ4v) is 3.78. The van der Waals surface area contributed by atoms with Gasteiger partial charge in [-0.3, -0.25) is 4.79 Å². The van der Waals surface area contributed by atoms with Crippen LogP contribution in [0.2, 0.25) is 0 Å². The molecule has 0 bridgehead atoms. The molecule has 2 aliphatic carbocycles. The summed E-state index contributed by atoms with van der Waals surface area (Å²) >= 11 is 2.23. The zero-order valence-electron chi connectivity index (χ0n) is 15.5. The Bertz CT molecular complexity index is 649. The van der Waals surface area contributed by atoms with Crippen LogP contribution in [0.25, 0.3) is 0 Å². The van der Waals surface area contributed by atoms with Crippen molar-refractivity contribution in [3.8, 4) is 0 Å². The highest BCUT2D eigenvalue weighted by Gasteiger charge is 2.48. The number of carbonyl (C=O) groups is 2. The third kappa shape index (κ3) is 5.59. The van der Waals surface area contributed by atoms with Gasteiger partial charge in [-0.1, -0.05) is 0 Å². The second-order valence-electron chi connectivity index (χ2n) is 8.37. The Kier molecular flexibility index (Phi) is 5.79. The summed E-state index contributed by atoms with van der Waals surface area (Å²) in [6.45, 7) is 5.48. The lowest BCUT2D eigenvalue weighted by molar-refractivity contribution is -0.120. The molecule has 3 rings (SSSR count). The number of carbonyl (C=O) groups excluding carboxylic acids is 2. The summed E-state index contributed by atoms with van der Waals surface area (Å²) in [7, 11) is 0. The summed E-state index contributed by atoms with van der Waals surface area (Å²) in [5.74, 6) is 1.11. The van der Waals surface area contributed by atoms with E-state index in [-0.39, 0.29) is 11.8 Å². The van der Waals surface area contributed by atoms with Crippen LogP contribution < -0.4 is 10.6 Å². The molecular weight excluding hydrogens is 443 g/mol. The van der Waals surface area contributed by atoms with Gasteiger partial charge in [0.05, 0.1) is 0 Å². The summed E-state index contributed by atoms with van der Waals surface area (Å²) in [5.41, 5.74) is 0.160. The van der Waals surface area contributed by atoms with Crippen LogP contribution in [0.1, 0.15) is 46.5 Å². The Morgan fingerprint density at radius 1 is 1.08 bits per heavy atom. The quantitative estimate of drug-likeness (QED) is 0.600. The lowest BCUT2D eigenvalue weighted by Crippen LogP contribution is -2.51. The van der Waals surface area contributed by atoms with Gasteiger partial charge in [0.1, 0.15) is 11.6 Å². The van der Waals surface area contributed by atoms with Crippen LogP contribution in [0.3, 0.4) is 0 Å². The first kappa shape index (κ1) is 19.5. The maximum atomic E-state index is 13.0. The molecule has 2 N–H and O–H groups in total. The van der Waals surface area contributed by atoms with Crippen LogP contribution in [0.5, 0.6) is 0 Å². The van der Waals surface area contributed by atoms with E-state index in [1.165, 1.54) is 0 Å². The van der Waals surface area contributed by atoms with Gasteiger partial charge in [0, 0.05) is 9.26 Å². The van der Waals surface area contributed by atoms with Crippen molar-refractivity contribution in [3.63, 3.8) is 0 Å². The monoisotopic (exact) mass is 470 g/mol. The first-order chi connectivity index (χ1) is 12.2. The Morgan fingerprint density at radius 2 is 1.62 bits per heavy atom. The summed E-state index contributed by atoms with van der Waals surface area (Å²) < 4.78 is 6.51. The van der Waals surface area contributed by atoms with E-state index in [0.29, 0.717) is 11.8 Å². The number of nitrogens with one attached hydrogen (secondary N) is 2. The van der Waals surface area contributed by atoms with E-state index in [1.807, 2.05) is 45.0 Å². The molecule has 0 aliphatic heterocycles. The van der Waals surface area contributed by atoms with Crippen LogP contribution in [0, 0.1) is 21.3 Å². The van der Waals surface area contributed by atoms with Gasteiger partial charge in [0.25, 0.3) is 0 Å². The number of rotatable bonds is 6. The largest absolute Gasteiger partial charge is 0.444 e. The van der Waals surface area contributed by atoms with Crippen molar-refractivity contribution in [3.05, 3.63) is 27.8 Å². The molecule has 6 heteroatoms. The molecule has 0 saturated heterocycles. The third-order valence-corrected chi connectivity index (χ3v) is 5.50. The van der Waals surface area contributed by atoms with Crippen molar-refractivity contribution >= 4 is 40.3 Å². The van der Waals surface area contributed by atoms with E-state index < -0.39 is 17.7 Å². The third-order valence-electron chi connectivity index (χ3n) is 4.78. The van der Waals surface area contributed by atoms with E-state index in [9.17, 15) is 9.59 Å². The minimum atomic E-state index is -0.587. The molecule has 2 fully saturated rings. The molecular formula is C20H27IN2O3. The zero-order chi connectivity index (χ0) is 18.9. The highest BCUT2D eigenvalue weighted by atomic mass is 127. The molecule has 0 radical (unpaired) electrons. The molecule has 1 aromatic rings. The average Bonchev–Trinajstić information content (AvgIpc) is 3.41. The Hall–Kier alpha value is -1.31.